The van der Waals surface area contributed by atoms with Gasteiger partial charge in [0.2, 0.25) is 0 Å². The van der Waals surface area contributed by atoms with Gasteiger partial charge in [0.05, 0.1) is 12.2 Å². The molecule has 0 aromatic rings. The molecule has 118 valence electrons. The maximum atomic E-state index is 5.72. The van der Waals surface area contributed by atoms with E-state index in [2.05, 4.69) is 31.0 Å². The summed E-state index contributed by atoms with van der Waals surface area (Å²) in [4.78, 5) is 2.59. The molecule has 4 nitrogen and oxygen atoms in total. The van der Waals surface area contributed by atoms with Gasteiger partial charge >= 0.3 is 0 Å². The predicted molar refractivity (Wildman–Crippen MR) is 82.1 cm³/mol. The lowest BCUT2D eigenvalue weighted by molar-refractivity contribution is -0.0598. The summed E-state index contributed by atoms with van der Waals surface area (Å²) in [6.07, 6.45) is 3.58. The van der Waals surface area contributed by atoms with E-state index in [1.54, 1.807) is 0 Å². The highest BCUT2D eigenvalue weighted by atomic mass is 16.5. The highest BCUT2D eigenvalue weighted by Crippen LogP contribution is 2.32. The molecule has 2 unspecified atom stereocenters. The summed E-state index contributed by atoms with van der Waals surface area (Å²) < 4.78 is 11.4. The Hall–Kier alpha value is -0.160. The first-order chi connectivity index (χ1) is 9.47. The van der Waals surface area contributed by atoms with E-state index in [0.29, 0.717) is 6.04 Å². The van der Waals surface area contributed by atoms with Crippen LogP contribution in [0.2, 0.25) is 0 Å². The topological polar surface area (TPSA) is 33.7 Å². The van der Waals surface area contributed by atoms with Crippen molar-refractivity contribution in [3.63, 3.8) is 0 Å². The predicted octanol–water partition coefficient (Wildman–Crippen LogP) is 1.89. The van der Waals surface area contributed by atoms with Crippen LogP contribution in [0.25, 0.3) is 0 Å². The Bertz CT molecular complexity index is 303. The van der Waals surface area contributed by atoms with Crippen LogP contribution >= 0.6 is 0 Å². The minimum atomic E-state index is 0.0321. The largest absolute Gasteiger partial charge is 0.381 e. The smallest absolute Gasteiger partial charge is 0.0777 e. The van der Waals surface area contributed by atoms with E-state index in [1.165, 1.54) is 25.8 Å². The molecular weight excluding hydrogens is 252 g/mol. The van der Waals surface area contributed by atoms with E-state index < -0.39 is 0 Å². The summed E-state index contributed by atoms with van der Waals surface area (Å²) >= 11 is 0. The molecule has 0 bridgehead atoms. The molecule has 0 saturated carbocycles. The van der Waals surface area contributed by atoms with E-state index >= 15 is 0 Å². The Balaban J connectivity index is 1.94. The van der Waals surface area contributed by atoms with Gasteiger partial charge in [-0.3, -0.25) is 4.90 Å². The molecule has 2 saturated heterocycles. The van der Waals surface area contributed by atoms with Gasteiger partial charge in [-0.15, -0.1) is 0 Å². The van der Waals surface area contributed by atoms with Crippen LogP contribution in [0.3, 0.4) is 0 Å². The number of nitrogens with one attached hydrogen (secondary N) is 1. The zero-order chi connectivity index (χ0) is 14.6. The third-order valence-electron chi connectivity index (χ3n) is 4.86. The van der Waals surface area contributed by atoms with Crippen molar-refractivity contribution in [1.29, 1.82) is 0 Å². The standard InChI is InChI=1S/C16H32N2O2/c1-14(2)17-10-16(7-9-20-13-16)12-18-8-5-6-15(3,11-18)19-4/h14,17H,5-13H2,1-4H3. The average Bonchev–Trinajstić information content (AvgIpc) is 2.86. The minimum Gasteiger partial charge on any atom is -0.381 e. The van der Waals surface area contributed by atoms with Crippen LogP contribution in [-0.2, 0) is 9.47 Å². The van der Waals surface area contributed by atoms with Gasteiger partial charge in [0.25, 0.3) is 0 Å². The summed E-state index contributed by atoms with van der Waals surface area (Å²) in [5.41, 5.74) is 0.320. The number of likely N-dealkylation sites (tertiary alicyclic amines) is 1. The fourth-order valence-corrected chi connectivity index (χ4v) is 3.47. The maximum absolute atomic E-state index is 5.72. The number of ether oxygens (including phenoxy) is 2. The van der Waals surface area contributed by atoms with Crippen LogP contribution in [-0.4, -0.2) is 63.0 Å². The highest BCUT2D eigenvalue weighted by molar-refractivity contribution is 4.92. The van der Waals surface area contributed by atoms with Crippen LogP contribution in [0.15, 0.2) is 0 Å². The Morgan fingerprint density at radius 3 is 2.75 bits per heavy atom. The first-order valence-corrected chi connectivity index (χ1v) is 8.06. The number of hydrogen-bond donors (Lipinski definition) is 1. The van der Waals surface area contributed by atoms with Crippen molar-refractivity contribution < 1.29 is 9.47 Å². The number of methoxy groups -OCH3 is 1. The minimum absolute atomic E-state index is 0.0321. The molecule has 0 aromatic heterocycles. The molecule has 1 N–H and O–H groups in total. The average molecular weight is 284 g/mol. The SMILES string of the molecule is COC1(C)CCCN(CC2(CNC(C)C)CCOC2)C1. The molecule has 0 aliphatic carbocycles. The molecule has 2 fully saturated rings. The lowest BCUT2D eigenvalue weighted by atomic mass is 9.84. The Labute approximate surface area is 124 Å². The van der Waals surface area contributed by atoms with Crippen LogP contribution < -0.4 is 5.32 Å². The molecule has 0 amide bonds. The van der Waals surface area contributed by atoms with Crippen molar-refractivity contribution in [3.8, 4) is 0 Å². The summed E-state index contributed by atoms with van der Waals surface area (Å²) in [6.45, 7) is 12.9. The molecule has 2 heterocycles. The van der Waals surface area contributed by atoms with E-state index in [0.717, 1.165) is 32.8 Å². The zero-order valence-electron chi connectivity index (χ0n) is 13.7. The van der Waals surface area contributed by atoms with Crippen molar-refractivity contribution >= 4 is 0 Å². The number of hydrogen-bond acceptors (Lipinski definition) is 4. The lowest BCUT2D eigenvalue weighted by Crippen LogP contribution is -2.53. The molecular formula is C16H32N2O2. The molecule has 4 heteroatoms. The second kappa shape index (κ2) is 6.73. The number of rotatable bonds is 6. The normalized spacial score (nSPS) is 35.9. The molecule has 20 heavy (non-hydrogen) atoms. The van der Waals surface area contributed by atoms with Crippen molar-refractivity contribution in [2.24, 2.45) is 5.41 Å². The van der Waals surface area contributed by atoms with E-state index in [9.17, 15) is 0 Å². The second-order valence-electron chi connectivity index (χ2n) is 7.31. The molecule has 2 aliphatic heterocycles. The second-order valence-corrected chi connectivity index (χ2v) is 7.31. The fraction of sp³-hybridized carbons (Fsp3) is 1.00. The summed E-state index contributed by atoms with van der Waals surface area (Å²) in [5, 5.41) is 3.61. The third kappa shape index (κ3) is 4.17. The quantitative estimate of drug-likeness (QED) is 0.807. The Morgan fingerprint density at radius 1 is 1.35 bits per heavy atom. The Kier molecular flexibility index (Phi) is 5.46. The number of piperidine rings is 1. The van der Waals surface area contributed by atoms with Gasteiger partial charge in [-0.1, -0.05) is 13.8 Å². The molecule has 0 aromatic carbocycles. The van der Waals surface area contributed by atoms with Gasteiger partial charge < -0.3 is 14.8 Å². The fourth-order valence-electron chi connectivity index (χ4n) is 3.47. The van der Waals surface area contributed by atoms with E-state index in [1.807, 2.05) is 7.11 Å². The molecule has 0 spiro atoms. The molecule has 0 radical (unpaired) electrons. The highest BCUT2D eigenvalue weighted by Gasteiger charge is 2.39. The van der Waals surface area contributed by atoms with Crippen molar-refractivity contribution in [2.45, 2.75) is 51.7 Å². The zero-order valence-corrected chi connectivity index (χ0v) is 13.7. The molecule has 2 rings (SSSR count). The first kappa shape index (κ1) is 16.2. The monoisotopic (exact) mass is 284 g/mol. The first-order valence-electron chi connectivity index (χ1n) is 8.06. The van der Waals surface area contributed by atoms with Crippen LogP contribution in [0.5, 0.6) is 0 Å². The van der Waals surface area contributed by atoms with Crippen LogP contribution in [0.1, 0.15) is 40.0 Å². The van der Waals surface area contributed by atoms with Gasteiger partial charge in [-0.25, -0.2) is 0 Å². The Morgan fingerprint density at radius 2 is 2.15 bits per heavy atom. The summed E-state index contributed by atoms with van der Waals surface area (Å²) in [5.74, 6) is 0. The van der Waals surface area contributed by atoms with Gasteiger partial charge in [-0.05, 0) is 32.7 Å². The lowest BCUT2D eigenvalue weighted by Gasteiger charge is -2.43. The van der Waals surface area contributed by atoms with Crippen LogP contribution in [0, 0.1) is 5.41 Å². The molecule has 2 aliphatic rings. The van der Waals surface area contributed by atoms with Gasteiger partial charge in [-0.2, -0.15) is 0 Å². The van der Waals surface area contributed by atoms with Gasteiger partial charge in [0.1, 0.15) is 0 Å². The summed E-state index contributed by atoms with van der Waals surface area (Å²) in [7, 11) is 1.85. The van der Waals surface area contributed by atoms with Gasteiger partial charge in [0, 0.05) is 44.8 Å². The van der Waals surface area contributed by atoms with Crippen LogP contribution in [0.4, 0.5) is 0 Å². The van der Waals surface area contributed by atoms with E-state index in [-0.39, 0.29) is 11.0 Å². The third-order valence-corrected chi connectivity index (χ3v) is 4.86. The van der Waals surface area contributed by atoms with Crippen molar-refractivity contribution in [1.82, 2.24) is 10.2 Å². The summed E-state index contributed by atoms with van der Waals surface area (Å²) in [6, 6.07) is 0.540. The molecule has 2 atom stereocenters. The van der Waals surface area contributed by atoms with Gasteiger partial charge in [0.15, 0.2) is 0 Å². The maximum Gasteiger partial charge on any atom is 0.0777 e. The van der Waals surface area contributed by atoms with Crippen molar-refractivity contribution in [3.05, 3.63) is 0 Å². The number of nitrogens with zero attached hydrogens (tertiary/aromatic N) is 1. The van der Waals surface area contributed by atoms with Crippen molar-refractivity contribution in [2.75, 3.05) is 46.5 Å². The van der Waals surface area contributed by atoms with E-state index in [4.69, 9.17) is 9.47 Å².